The monoisotopic (exact) mass is 304 g/mol. The second-order valence-corrected chi connectivity index (χ2v) is 4.55. The highest BCUT2D eigenvalue weighted by molar-refractivity contribution is 9.10. The van der Waals surface area contributed by atoms with E-state index in [1.54, 1.807) is 18.2 Å². The molecule has 0 saturated carbocycles. The molecule has 0 aliphatic carbocycles. The summed E-state index contributed by atoms with van der Waals surface area (Å²) in [5.41, 5.74) is 1.20. The first-order valence-corrected chi connectivity index (χ1v) is 5.97. The number of rotatable bonds is 4. The van der Waals surface area contributed by atoms with Crippen molar-refractivity contribution in [3.63, 3.8) is 0 Å². The molecule has 2 rings (SSSR count). The normalized spacial score (nSPS) is 11.6. The maximum absolute atomic E-state index is 12.8. The van der Waals surface area contributed by atoms with Gasteiger partial charge in [-0.05, 0) is 24.6 Å². The quantitative estimate of drug-likeness (QED) is 0.942. The molecule has 0 aliphatic rings. The van der Waals surface area contributed by atoms with Crippen molar-refractivity contribution in [2.24, 2.45) is 0 Å². The van der Waals surface area contributed by atoms with Gasteiger partial charge in [-0.25, -0.2) is 13.8 Å². The fraction of sp³-hybridized carbons (Fsp3) is 0.364. The van der Waals surface area contributed by atoms with Crippen LogP contribution in [0.2, 0.25) is 0 Å². The number of alkyl halides is 2. The van der Waals surface area contributed by atoms with Crippen LogP contribution in [-0.4, -0.2) is 21.3 Å². The molecule has 1 aromatic heterocycles. The van der Waals surface area contributed by atoms with Crippen LogP contribution in [0.3, 0.4) is 0 Å². The molecular formula is C11H11BrF2N2O. The van der Waals surface area contributed by atoms with Crippen molar-refractivity contribution < 1.29 is 13.9 Å². The number of imidazole rings is 1. The lowest BCUT2D eigenvalue weighted by molar-refractivity contribution is 0.135. The summed E-state index contributed by atoms with van der Waals surface area (Å²) in [6, 6.07) is 5.22. The highest BCUT2D eigenvalue weighted by Gasteiger charge is 2.18. The molecule has 0 unspecified atom stereocenters. The molecule has 1 N–H and O–H groups in total. The van der Waals surface area contributed by atoms with Crippen LogP contribution in [0.1, 0.15) is 18.7 Å². The Morgan fingerprint density at radius 1 is 1.41 bits per heavy atom. The van der Waals surface area contributed by atoms with Crippen molar-refractivity contribution in [1.82, 2.24) is 9.55 Å². The predicted octanol–water partition coefficient (Wildman–Crippen LogP) is 3.12. The van der Waals surface area contributed by atoms with Crippen LogP contribution in [0.15, 0.2) is 22.7 Å². The summed E-state index contributed by atoms with van der Waals surface area (Å²) < 4.78 is 27.9. The van der Waals surface area contributed by atoms with E-state index in [-0.39, 0.29) is 12.4 Å². The molecule has 1 heterocycles. The van der Waals surface area contributed by atoms with Gasteiger partial charge in [0.05, 0.1) is 11.0 Å². The molecule has 0 radical (unpaired) electrons. The first-order chi connectivity index (χ1) is 8.13. The van der Waals surface area contributed by atoms with E-state index in [1.165, 1.54) is 4.57 Å². The second-order valence-electron chi connectivity index (χ2n) is 3.63. The highest BCUT2D eigenvalue weighted by Crippen LogP contribution is 2.26. The molecular weight excluding hydrogens is 294 g/mol. The lowest BCUT2D eigenvalue weighted by Crippen LogP contribution is -2.05. The molecule has 0 saturated heterocycles. The topological polar surface area (TPSA) is 38.0 Å². The Kier molecular flexibility index (Phi) is 3.73. The maximum Gasteiger partial charge on any atom is 0.295 e. The Hall–Kier alpha value is -1.01. The number of fused-ring (bicyclic) bond motifs is 1. The van der Waals surface area contributed by atoms with Crippen molar-refractivity contribution in [1.29, 1.82) is 0 Å². The van der Waals surface area contributed by atoms with Crippen molar-refractivity contribution in [2.75, 3.05) is 6.61 Å². The van der Waals surface area contributed by atoms with Crippen LogP contribution in [0.4, 0.5) is 8.78 Å². The molecule has 0 atom stereocenters. The number of hydrogen-bond donors (Lipinski definition) is 1. The fourth-order valence-corrected chi connectivity index (χ4v) is 2.09. The van der Waals surface area contributed by atoms with Gasteiger partial charge in [-0.15, -0.1) is 0 Å². The van der Waals surface area contributed by atoms with Gasteiger partial charge >= 0.3 is 0 Å². The average molecular weight is 305 g/mol. The van der Waals surface area contributed by atoms with E-state index in [0.717, 1.165) is 4.47 Å². The summed E-state index contributed by atoms with van der Waals surface area (Å²) >= 11 is 3.30. The van der Waals surface area contributed by atoms with E-state index in [2.05, 4.69) is 20.9 Å². The minimum atomic E-state index is -2.61. The molecule has 6 heteroatoms. The van der Waals surface area contributed by atoms with Crippen molar-refractivity contribution >= 4 is 27.0 Å². The first kappa shape index (κ1) is 12.4. The van der Waals surface area contributed by atoms with Crippen LogP contribution in [0, 0.1) is 0 Å². The van der Waals surface area contributed by atoms with Crippen molar-refractivity contribution in [3.05, 3.63) is 28.5 Å². The van der Waals surface area contributed by atoms with Crippen molar-refractivity contribution in [3.8, 4) is 0 Å². The largest absolute Gasteiger partial charge is 0.396 e. The number of nitrogens with zero attached hydrogens (tertiary/aromatic N) is 2. The molecule has 2 aromatic rings. The zero-order valence-electron chi connectivity index (χ0n) is 8.91. The lowest BCUT2D eigenvalue weighted by atomic mass is 10.3. The number of aryl methyl sites for hydroxylation is 1. The molecule has 0 amide bonds. The Balaban J connectivity index is 2.56. The summed E-state index contributed by atoms with van der Waals surface area (Å²) in [7, 11) is 0. The van der Waals surface area contributed by atoms with Crippen molar-refractivity contribution in [2.45, 2.75) is 19.4 Å². The second kappa shape index (κ2) is 5.10. The van der Waals surface area contributed by atoms with E-state index in [9.17, 15) is 8.78 Å². The Morgan fingerprint density at radius 2 is 2.18 bits per heavy atom. The van der Waals surface area contributed by atoms with Crippen LogP contribution in [0.5, 0.6) is 0 Å². The number of benzene rings is 1. The van der Waals surface area contributed by atoms with E-state index >= 15 is 0 Å². The maximum atomic E-state index is 12.8. The third-order valence-electron chi connectivity index (χ3n) is 2.47. The minimum absolute atomic E-state index is 0.0314. The summed E-state index contributed by atoms with van der Waals surface area (Å²) in [4.78, 5) is 3.92. The SMILES string of the molecule is OCCCn1c(C(F)F)nc2ccc(Br)cc21. The number of aliphatic hydroxyl groups excluding tert-OH is 1. The Bertz CT molecular complexity index is 527. The van der Waals surface area contributed by atoms with E-state index in [4.69, 9.17) is 5.11 Å². The molecule has 0 bridgehead atoms. The first-order valence-electron chi connectivity index (χ1n) is 5.18. The highest BCUT2D eigenvalue weighted by atomic mass is 79.9. The summed E-state index contributed by atoms with van der Waals surface area (Å²) in [5.74, 6) is -0.244. The predicted molar refractivity (Wildman–Crippen MR) is 64.1 cm³/mol. The molecule has 17 heavy (non-hydrogen) atoms. The van der Waals surface area contributed by atoms with Crippen LogP contribution in [-0.2, 0) is 6.54 Å². The van der Waals surface area contributed by atoms with E-state index < -0.39 is 6.43 Å². The minimum Gasteiger partial charge on any atom is -0.396 e. The third-order valence-corrected chi connectivity index (χ3v) is 2.97. The third kappa shape index (κ3) is 2.47. The van der Waals surface area contributed by atoms with Gasteiger partial charge < -0.3 is 9.67 Å². The van der Waals surface area contributed by atoms with E-state index in [0.29, 0.717) is 24.0 Å². The number of aromatic nitrogens is 2. The van der Waals surface area contributed by atoms with Gasteiger partial charge in [-0.1, -0.05) is 15.9 Å². The number of halogens is 3. The van der Waals surface area contributed by atoms with Crippen LogP contribution >= 0.6 is 15.9 Å². The number of aliphatic hydroxyl groups is 1. The molecule has 3 nitrogen and oxygen atoms in total. The van der Waals surface area contributed by atoms with Gasteiger partial charge in [0.25, 0.3) is 6.43 Å². The molecule has 1 aromatic carbocycles. The number of hydrogen-bond acceptors (Lipinski definition) is 2. The van der Waals surface area contributed by atoms with E-state index in [1.807, 2.05) is 0 Å². The Labute approximate surface area is 105 Å². The van der Waals surface area contributed by atoms with Gasteiger partial charge in [0, 0.05) is 17.6 Å². The molecule has 0 aliphatic heterocycles. The summed E-state index contributed by atoms with van der Waals surface area (Å²) in [6.45, 7) is 0.305. The van der Waals surface area contributed by atoms with Gasteiger partial charge in [-0.3, -0.25) is 0 Å². The average Bonchev–Trinajstić information content (AvgIpc) is 2.64. The van der Waals surface area contributed by atoms with Gasteiger partial charge in [-0.2, -0.15) is 0 Å². The van der Waals surface area contributed by atoms with Gasteiger partial charge in [0.15, 0.2) is 5.82 Å². The summed E-state index contributed by atoms with van der Waals surface area (Å²) in [5, 5.41) is 8.79. The van der Waals surface area contributed by atoms with Crippen LogP contribution < -0.4 is 0 Å². The zero-order valence-corrected chi connectivity index (χ0v) is 10.5. The molecule has 92 valence electrons. The summed E-state index contributed by atoms with van der Waals surface area (Å²) in [6.07, 6.45) is -2.18. The Morgan fingerprint density at radius 3 is 2.82 bits per heavy atom. The molecule has 0 spiro atoms. The lowest BCUT2D eigenvalue weighted by Gasteiger charge is -2.07. The fourth-order valence-electron chi connectivity index (χ4n) is 1.74. The van der Waals surface area contributed by atoms with Gasteiger partial charge in [0.2, 0.25) is 0 Å². The standard InChI is InChI=1S/C11H11BrF2N2O/c12-7-2-3-8-9(6-7)16(4-1-5-17)11(15-8)10(13)14/h2-3,6,10,17H,1,4-5H2. The smallest absolute Gasteiger partial charge is 0.295 e. The van der Waals surface area contributed by atoms with Crippen LogP contribution in [0.25, 0.3) is 11.0 Å². The van der Waals surface area contributed by atoms with Gasteiger partial charge in [0.1, 0.15) is 0 Å². The molecule has 0 fully saturated rings. The zero-order chi connectivity index (χ0) is 12.4.